The number of aldehydes is 1. The fourth-order valence-electron chi connectivity index (χ4n) is 1.92. The summed E-state index contributed by atoms with van der Waals surface area (Å²) in [5.41, 5.74) is 2.29. The van der Waals surface area contributed by atoms with Crippen LogP contribution in [0, 0.1) is 17.2 Å². The standard InChI is InChI=1S/C11H10N2O2/c1-15-11-4-8-2-7(6-14)3-9(8)10(5-12)13-11/h4,6-7H,2-3H2,1H3. The van der Waals surface area contributed by atoms with Gasteiger partial charge in [0.25, 0.3) is 0 Å². The Hall–Kier alpha value is -1.89. The minimum Gasteiger partial charge on any atom is -0.481 e. The molecule has 1 unspecified atom stereocenters. The number of carbonyl (C=O) groups is 1. The lowest BCUT2D eigenvalue weighted by Crippen LogP contribution is -2.00. The van der Waals surface area contributed by atoms with Gasteiger partial charge in [0.05, 0.1) is 7.11 Å². The second-order valence-electron chi connectivity index (χ2n) is 3.57. The first-order valence-electron chi connectivity index (χ1n) is 4.70. The van der Waals surface area contributed by atoms with Gasteiger partial charge in [0, 0.05) is 12.0 Å². The van der Waals surface area contributed by atoms with Crippen molar-refractivity contribution < 1.29 is 9.53 Å². The average molecular weight is 202 g/mol. The molecule has 0 spiro atoms. The predicted molar refractivity (Wildman–Crippen MR) is 52.5 cm³/mol. The topological polar surface area (TPSA) is 63.0 Å². The number of nitrogens with zero attached hydrogens (tertiary/aromatic N) is 2. The van der Waals surface area contributed by atoms with Crippen molar-refractivity contribution in [2.45, 2.75) is 12.8 Å². The first-order valence-corrected chi connectivity index (χ1v) is 4.70. The molecule has 2 rings (SSSR count). The third-order valence-corrected chi connectivity index (χ3v) is 2.65. The van der Waals surface area contributed by atoms with Gasteiger partial charge < -0.3 is 9.53 Å². The van der Waals surface area contributed by atoms with Crippen molar-refractivity contribution in [3.05, 3.63) is 22.9 Å². The number of nitriles is 1. The Balaban J connectivity index is 2.49. The molecule has 0 saturated heterocycles. The van der Waals surface area contributed by atoms with E-state index in [0.717, 1.165) is 17.4 Å². The van der Waals surface area contributed by atoms with Crippen molar-refractivity contribution in [3.8, 4) is 11.9 Å². The van der Waals surface area contributed by atoms with Gasteiger partial charge in [-0.15, -0.1) is 0 Å². The van der Waals surface area contributed by atoms with E-state index in [1.807, 2.05) is 6.07 Å². The molecule has 0 N–H and O–H groups in total. The molecular formula is C11H10N2O2. The van der Waals surface area contributed by atoms with E-state index in [0.29, 0.717) is 24.4 Å². The summed E-state index contributed by atoms with van der Waals surface area (Å²) in [4.78, 5) is 14.7. The lowest BCUT2D eigenvalue weighted by atomic mass is 10.1. The van der Waals surface area contributed by atoms with Crippen LogP contribution in [0.2, 0.25) is 0 Å². The van der Waals surface area contributed by atoms with Crippen molar-refractivity contribution in [2.24, 2.45) is 5.92 Å². The van der Waals surface area contributed by atoms with E-state index >= 15 is 0 Å². The van der Waals surface area contributed by atoms with Gasteiger partial charge >= 0.3 is 0 Å². The molecule has 15 heavy (non-hydrogen) atoms. The maximum atomic E-state index is 10.7. The lowest BCUT2D eigenvalue weighted by Gasteiger charge is -2.03. The summed E-state index contributed by atoms with van der Waals surface area (Å²) in [5, 5.41) is 8.92. The van der Waals surface area contributed by atoms with Crippen molar-refractivity contribution in [3.63, 3.8) is 0 Å². The molecule has 1 aliphatic rings. The van der Waals surface area contributed by atoms with E-state index in [1.165, 1.54) is 7.11 Å². The molecule has 76 valence electrons. The Morgan fingerprint density at radius 1 is 1.67 bits per heavy atom. The number of fused-ring (bicyclic) bond motifs is 1. The van der Waals surface area contributed by atoms with Gasteiger partial charge in [-0.25, -0.2) is 4.98 Å². The van der Waals surface area contributed by atoms with Crippen LogP contribution < -0.4 is 4.74 Å². The zero-order valence-corrected chi connectivity index (χ0v) is 8.36. The van der Waals surface area contributed by atoms with Crippen molar-refractivity contribution in [1.82, 2.24) is 4.98 Å². The molecule has 1 aliphatic carbocycles. The van der Waals surface area contributed by atoms with Crippen LogP contribution in [0.3, 0.4) is 0 Å². The Morgan fingerprint density at radius 3 is 3.07 bits per heavy atom. The van der Waals surface area contributed by atoms with E-state index in [9.17, 15) is 4.79 Å². The first kappa shape index (κ1) is 9.66. The molecule has 0 aliphatic heterocycles. The molecule has 4 heteroatoms. The minimum absolute atomic E-state index is 0.0130. The highest BCUT2D eigenvalue weighted by molar-refractivity contribution is 5.59. The van der Waals surface area contributed by atoms with E-state index in [-0.39, 0.29) is 5.92 Å². The van der Waals surface area contributed by atoms with E-state index in [4.69, 9.17) is 10.00 Å². The molecule has 4 nitrogen and oxygen atoms in total. The molecule has 1 heterocycles. The number of methoxy groups -OCH3 is 1. The van der Waals surface area contributed by atoms with Crippen LogP contribution >= 0.6 is 0 Å². The van der Waals surface area contributed by atoms with Gasteiger partial charge in [-0.2, -0.15) is 5.26 Å². The number of carbonyl (C=O) groups excluding carboxylic acids is 1. The highest BCUT2D eigenvalue weighted by Gasteiger charge is 2.25. The van der Waals surface area contributed by atoms with Crippen molar-refractivity contribution >= 4 is 6.29 Å². The zero-order chi connectivity index (χ0) is 10.8. The molecule has 0 saturated carbocycles. The second kappa shape index (κ2) is 3.70. The minimum atomic E-state index is -0.0130. The third-order valence-electron chi connectivity index (χ3n) is 2.65. The number of hydrogen-bond donors (Lipinski definition) is 0. The van der Waals surface area contributed by atoms with Crippen LogP contribution in [0.4, 0.5) is 0 Å². The summed E-state index contributed by atoms with van der Waals surface area (Å²) in [6, 6.07) is 3.84. The van der Waals surface area contributed by atoms with Crippen molar-refractivity contribution in [2.75, 3.05) is 7.11 Å². The second-order valence-corrected chi connectivity index (χ2v) is 3.57. The number of ether oxygens (including phenoxy) is 1. The molecule has 1 aromatic rings. The van der Waals surface area contributed by atoms with Crippen LogP contribution in [-0.2, 0) is 17.6 Å². The summed E-state index contributed by atoms with van der Waals surface area (Å²) in [7, 11) is 1.52. The fourth-order valence-corrected chi connectivity index (χ4v) is 1.92. The molecule has 0 radical (unpaired) electrons. The van der Waals surface area contributed by atoms with E-state index in [1.54, 1.807) is 6.07 Å². The number of pyridine rings is 1. The molecule has 0 fully saturated rings. The quantitative estimate of drug-likeness (QED) is 0.668. The summed E-state index contributed by atoms with van der Waals surface area (Å²) in [6.07, 6.45) is 2.25. The average Bonchev–Trinajstić information content (AvgIpc) is 2.70. The monoisotopic (exact) mass is 202 g/mol. The van der Waals surface area contributed by atoms with Gasteiger partial charge in [0.15, 0.2) is 0 Å². The van der Waals surface area contributed by atoms with Crippen LogP contribution in [-0.4, -0.2) is 18.4 Å². The molecule has 0 aromatic carbocycles. The summed E-state index contributed by atoms with van der Waals surface area (Å²) >= 11 is 0. The van der Waals surface area contributed by atoms with E-state index < -0.39 is 0 Å². The van der Waals surface area contributed by atoms with Gasteiger partial charge in [-0.3, -0.25) is 0 Å². The van der Waals surface area contributed by atoms with E-state index in [2.05, 4.69) is 4.98 Å². The number of hydrogen-bond acceptors (Lipinski definition) is 4. The zero-order valence-electron chi connectivity index (χ0n) is 8.36. The summed E-state index contributed by atoms with van der Waals surface area (Å²) < 4.78 is 5.00. The van der Waals surface area contributed by atoms with Crippen LogP contribution in [0.15, 0.2) is 6.07 Å². The van der Waals surface area contributed by atoms with Crippen LogP contribution in [0.1, 0.15) is 16.8 Å². The highest BCUT2D eigenvalue weighted by atomic mass is 16.5. The molecule has 0 amide bonds. The highest BCUT2D eigenvalue weighted by Crippen LogP contribution is 2.29. The predicted octanol–water partition coefficient (Wildman–Crippen LogP) is 0.876. The van der Waals surface area contributed by atoms with Gasteiger partial charge in [-0.1, -0.05) is 0 Å². The molecule has 1 atom stereocenters. The summed E-state index contributed by atoms with van der Waals surface area (Å²) in [5.74, 6) is 0.429. The third kappa shape index (κ3) is 1.57. The maximum Gasteiger partial charge on any atom is 0.214 e. The first-order chi connectivity index (χ1) is 7.28. The van der Waals surface area contributed by atoms with Crippen LogP contribution in [0.5, 0.6) is 5.88 Å². The number of aromatic nitrogens is 1. The Labute approximate surface area is 87.5 Å². The SMILES string of the molecule is COc1cc2c(c(C#N)n1)CC(C=O)C2. The smallest absolute Gasteiger partial charge is 0.214 e. The Morgan fingerprint density at radius 2 is 2.47 bits per heavy atom. The Bertz CT molecular complexity index is 449. The number of rotatable bonds is 2. The van der Waals surface area contributed by atoms with Crippen LogP contribution in [0.25, 0.3) is 0 Å². The Kier molecular flexibility index (Phi) is 2.38. The normalized spacial score (nSPS) is 18.0. The largest absolute Gasteiger partial charge is 0.481 e. The molecule has 0 bridgehead atoms. The lowest BCUT2D eigenvalue weighted by molar-refractivity contribution is -0.110. The van der Waals surface area contributed by atoms with Gasteiger partial charge in [-0.05, 0) is 24.0 Å². The van der Waals surface area contributed by atoms with Gasteiger partial charge in [0.2, 0.25) is 5.88 Å². The molecule has 1 aromatic heterocycles. The van der Waals surface area contributed by atoms with Crippen molar-refractivity contribution in [1.29, 1.82) is 5.26 Å². The van der Waals surface area contributed by atoms with Gasteiger partial charge in [0.1, 0.15) is 18.0 Å². The fraction of sp³-hybridized carbons (Fsp3) is 0.364. The molecular weight excluding hydrogens is 192 g/mol. The summed E-state index contributed by atoms with van der Waals surface area (Å²) in [6.45, 7) is 0. The maximum absolute atomic E-state index is 10.7.